The van der Waals surface area contributed by atoms with Gasteiger partial charge in [-0.3, -0.25) is 14.2 Å². The summed E-state index contributed by atoms with van der Waals surface area (Å²) in [5.74, 6) is 2.76. The van der Waals surface area contributed by atoms with E-state index in [4.69, 9.17) is 11.2 Å². The number of terminal acetylenes is 1. The fourth-order valence-electron chi connectivity index (χ4n) is 2.73. The van der Waals surface area contributed by atoms with Gasteiger partial charge in [0.05, 0.1) is 36.0 Å². The minimum atomic E-state index is -0.229. The molecule has 0 fully saturated rings. The molecule has 0 unspecified atom stereocenters. The smallest absolute Gasteiger partial charge is 0.266 e. The number of aryl methyl sites for hydroxylation is 1. The van der Waals surface area contributed by atoms with Crippen molar-refractivity contribution < 1.29 is 9.53 Å². The van der Waals surface area contributed by atoms with Crippen molar-refractivity contribution in [1.82, 2.24) is 14.9 Å². The van der Waals surface area contributed by atoms with E-state index < -0.39 is 0 Å². The van der Waals surface area contributed by atoms with Gasteiger partial charge in [-0.15, -0.1) is 6.42 Å². The molecule has 1 amide bonds. The normalized spacial score (nSPS) is 10.5. The molecule has 1 heterocycles. The molecule has 2 aromatic carbocycles. The fraction of sp³-hybridized carbons (Fsp3) is 0.190. The Labute approximate surface area is 166 Å². The quantitative estimate of drug-likeness (QED) is 0.396. The Morgan fingerprint density at radius 2 is 2.11 bits per heavy atom. The van der Waals surface area contributed by atoms with Gasteiger partial charge in [0, 0.05) is 0 Å². The van der Waals surface area contributed by atoms with E-state index in [1.165, 1.54) is 16.3 Å². The first-order valence-corrected chi connectivity index (χ1v) is 9.53. The lowest BCUT2D eigenvalue weighted by atomic mass is 10.2. The molecule has 0 saturated carbocycles. The van der Waals surface area contributed by atoms with E-state index in [2.05, 4.69) is 16.2 Å². The Bertz CT molecular complexity index is 1130. The molecule has 0 saturated heterocycles. The van der Waals surface area contributed by atoms with Crippen LogP contribution in [0.2, 0.25) is 0 Å². The second kappa shape index (κ2) is 8.63. The zero-order chi connectivity index (χ0) is 20.1. The van der Waals surface area contributed by atoms with E-state index >= 15 is 0 Å². The first-order chi connectivity index (χ1) is 13.5. The summed E-state index contributed by atoms with van der Waals surface area (Å²) in [4.78, 5) is 29.9. The number of nitrogens with zero attached hydrogens (tertiary/aromatic N) is 2. The number of para-hydroxylation sites is 1. The van der Waals surface area contributed by atoms with Gasteiger partial charge < -0.3 is 10.1 Å². The van der Waals surface area contributed by atoms with Gasteiger partial charge in [0.2, 0.25) is 5.91 Å². The molecule has 3 aromatic rings. The minimum Gasteiger partial charge on any atom is -0.495 e. The van der Waals surface area contributed by atoms with Crippen LogP contribution in [0, 0.1) is 19.3 Å². The number of thioether (sulfide) groups is 1. The molecule has 0 aliphatic heterocycles. The number of carbonyl (C=O) groups excluding carboxylic acids is 1. The highest BCUT2D eigenvalue weighted by atomic mass is 32.2. The Kier molecular flexibility index (Phi) is 6.02. The zero-order valence-corrected chi connectivity index (χ0v) is 16.4. The van der Waals surface area contributed by atoms with E-state index in [0.29, 0.717) is 27.5 Å². The maximum absolute atomic E-state index is 13.3. The molecule has 3 rings (SSSR count). The summed E-state index contributed by atoms with van der Waals surface area (Å²) in [6.45, 7) is 2.09. The molecule has 0 aliphatic carbocycles. The predicted octanol–water partition coefficient (Wildman–Crippen LogP) is 2.54. The average Bonchev–Trinajstić information content (AvgIpc) is 2.70. The van der Waals surface area contributed by atoms with Crippen LogP contribution >= 0.6 is 11.8 Å². The predicted molar refractivity (Wildman–Crippen MR) is 111 cm³/mol. The number of aromatic nitrogens is 2. The minimum absolute atomic E-state index is 0.0839. The van der Waals surface area contributed by atoms with Gasteiger partial charge in [-0.05, 0) is 36.8 Å². The molecule has 1 aromatic heterocycles. The molecule has 7 heteroatoms. The number of hydrogen-bond acceptors (Lipinski definition) is 5. The molecule has 142 valence electrons. The molecule has 0 aliphatic rings. The van der Waals surface area contributed by atoms with Crippen molar-refractivity contribution >= 4 is 28.6 Å². The van der Waals surface area contributed by atoms with Crippen LogP contribution in [0.3, 0.4) is 0 Å². The van der Waals surface area contributed by atoms with Gasteiger partial charge in [-0.1, -0.05) is 35.9 Å². The monoisotopic (exact) mass is 393 g/mol. The van der Waals surface area contributed by atoms with Crippen LogP contribution in [0.1, 0.15) is 5.56 Å². The summed E-state index contributed by atoms with van der Waals surface area (Å²) in [5, 5.41) is 3.51. The average molecular weight is 393 g/mol. The van der Waals surface area contributed by atoms with E-state index in [-0.39, 0.29) is 23.8 Å². The highest BCUT2D eigenvalue weighted by Gasteiger charge is 2.17. The van der Waals surface area contributed by atoms with Gasteiger partial charge in [-0.2, -0.15) is 0 Å². The van der Waals surface area contributed by atoms with Gasteiger partial charge in [-0.25, -0.2) is 4.98 Å². The molecular weight excluding hydrogens is 374 g/mol. The van der Waals surface area contributed by atoms with Gasteiger partial charge >= 0.3 is 0 Å². The molecule has 28 heavy (non-hydrogen) atoms. The summed E-state index contributed by atoms with van der Waals surface area (Å²) in [5.41, 5.74) is 1.90. The number of hydrogen-bond donors (Lipinski definition) is 1. The number of rotatable bonds is 6. The molecule has 0 bridgehead atoms. The van der Waals surface area contributed by atoms with Crippen LogP contribution in [0.4, 0.5) is 0 Å². The van der Waals surface area contributed by atoms with E-state index in [1.54, 1.807) is 31.4 Å². The third-order valence-electron chi connectivity index (χ3n) is 4.04. The highest BCUT2D eigenvalue weighted by Crippen LogP contribution is 2.28. The number of amides is 1. The first-order valence-electron chi connectivity index (χ1n) is 8.55. The van der Waals surface area contributed by atoms with Gasteiger partial charge in [0.1, 0.15) is 5.75 Å². The maximum Gasteiger partial charge on any atom is 0.266 e. The molecule has 0 radical (unpaired) electrons. The van der Waals surface area contributed by atoms with E-state index in [0.717, 1.165) is 5.56 Å². The number of carbonyl (C=O) groups is 1. The SMILES string of the molecule is C#CCNC(=O)CSc1nc2ccccc2c(=O)n1-c1cc(C)ccc1OC. The Morgan fingerprint density at radius 3 is 2.86 bits per heavy atom. The zero-order valence-electron chi connectivity index (χ0n) is 15.6. The van der Waals surface area contributed by atoms with Crippen LogP contribution < -0.4 is 15.6 Å². The Hall–Kier alpha value is -3.24. The third-order valence-corrected chi connectivity index (χ3v) is 4.98. The van der Waals surface area contributed by atoms with Gasteiger partial charge in [0.15, 0.2) is 5.16 Å². The topological polar surface area (TPSA) is 73.2 Å². The molecule has 0 spiro atoms. The lowest BCUT2D eigenvalue weighted by Crippen LogP contribution is -2.27. The summed E-state index contributed by atoms with van der Waals surface area (Å²) in [7, 11) is 1.55. The number of ether oxygens (including phenoxy) is 1. The summed E-state index contributed by atoms with van der Waals surface area (Å²) < 4.78 is 6.95. The third kappa shape index (κ3) is 4.02. The van der Waals surface area contributed by atoms with Crippen molar-refractivity contribution in [2.75, 3.05) is 19.4 Å². The molecule has 0 atom stereocenters. The van der Waals surface area contributed by atoms with Crippen molar-refractivity contribution in [1.29, 1.82) is 0 Å². The first kappa shape index (κ1) is 19.5. The van der Waals surface area contributed by atoms with Crippen molar-refractivity contribution in [3.05, 3.63) is 58.4 Å². The Morgan fingerprint density at radius 1 is 1.32 bits per heavy atom. The highest BCUT2D eigenvalue weighted by molar-refractivity contribution is 7.99. The standard InChI is InChI=1S/C21H19N3O3S/c1-4-11-22-19(25)13-28-21-23-16-8-6-5-7-15(16)20(26)24(21)17-12-14(2)9-10-18(17)27-3/h1,5-10,12H,11,13H2,2-3H3,(H,22,25). The van der Waals surface area contributed by atoms with E-state index in [1.807, 2.05) is 25.1 Å². The second-order valence-corrected chi connectivity index (χ2v) is 6.94. The van der Waals surface area contributed by atoms with Crippen molar-refractivity contribution in [2.45, 2.75) is 12.1 Å². The molecule has 6 nitrogen and oxygen atoms in total. The molecular formula is C21H19N3O3S. The van der Waals surface area contributed by atoms with Crippen LogP contribution in [0.15, 0.2) is 52.4 Å². The number of nitrogens with one attached hydrogen (secondary N) is 1. The fourth-order valence-corrected chi connectivity index (χ4v) is 3.56. The Balaban J connectivity index is 2.16. The summed E-state index contributed by atoms with van der Waals surface area (Å²) in [6.07, 6.45) is 5.17. The van der Waals surface area contributed by atoms with Gasteiger partial charge in [0.25, 0.3) is 5.56 Å². The lowest BCUT2D eigenvalue weighted by molar-refractivity contribution is -0.118. The largest absolute Gasteiger partial charge is 0.495 e. The summed E-state index contributed by atoms with van der Waals surface area (Å²) in [6, 6.07) is 12.7. The van der Waals surface area contributed by atoms with Crippen molar-refractivity contribution in [2.24, 2.45) is 0 Å². The van der Waals surface area contributed by atoms with E-state index in [9.17, 15) is 9.59 Å². The lowest BCUT2D eigenvalue weighted by Gasteiger charge is -2.16. The maximum atomic E-state index is 13.3. The molecule has 1 N–H and O–H groups in total. The number of methoxy groups -OCH3 is 1. The second-order valence-electron chi connectivity index (χ2n) is 6.00. The van der Waals surface area contributed by atoms with Crippen LogP contribution in [-0.2, 0) is 4.79 Å². The van der Waals surface area contributed by atoms with Crippen LogP contribution in [0.5, 0.6) is 5.75 Å². The van der Waals surface area contributed by atoms with Crippen LogP contribution in [-0.4, -0.2) is 34.9 Å². The number of benzene rings is 2. The van der Waals surface area contributed by atoms with Crippen molar-refractivity contribution in [3.63, 3.8) is 0 Å². The summed E-state index contributed by atoms with van der Waals surface area (Å²) >= 11 is 1.17. The van der Waals surface area contributed by atoms with Crippen molar-refractivity contribution in [3.8, 4) is 23.8 Å². The van der Waals surface area contributed by atoms with Crippen LogP contribution in [0.25, 0.3) is 16.6 Å². The number of fused-ring (bicyclic) bond motifs is 1.